The van der Waals surface area contributed by atoms with E-state index in [-0.39, 0.29) is 27.7 Å². The highest BCUT2D eigenvalue weighted by atomic mass is 32.2. The molecule has 0 aliphatic carbocycles. The van der Waals surface area contributed by atoms with Gasteiger partial charge in [0.25, 0.3) is 10.0 Å². The van der Waals surface area contributed by atoms with E-state index in [1.54, 1.807) is 6.92 Å². The van der Waals surface area contributed by atoms with Gasteiger partial charge in [-0.15, -0.1) is 0 Å². The first-order chi connectivity index (χ1) is 14.4. The van der Waals surface area contributed by atoms with Gasteiger partial charge in [0.05, 0.1) is 34.9 Å². The van der Waals surface area contributed by atoms with E-state index in [2.05, 4.69) is 14.9 Å². The van der Waals surface area contributed by atoms with Gasteiger partial charge in [-0.25, -0.2) is 30.4 Å². The smallest absolute Gasteiger partial charge is 0.265 e. The zero-order valence-corrected chi connectivity index (χ0v) is 17.7. The quantitative estimate of drug-likeness (QED) is 0.344. The monoisotopic (exact) mass is 463 g/mol. The van der Waals surface area contributed by atoms with Crippen LogP contribution in [0.1, 0.15) is 29.6 Å². The number of hydrogen-bond acceptors (Lipinski definition) is 4. The Morgan fingerprint density at radius 2 is 1.45 bits per heavy atom. The van der Waals surface area contributed by atoms with Crippen LogP contribution in [0.15, 0.2) is 11.1 Å². The van der Waals surface area contributed by atoms with Crippen molar-refractivity contribution in [2.24, 2.45) is 0 Å². The van der Waals surface area contributed by atoms with Crippen molar-refractivity contribution in [2.75, 3.05) is 4.72 Å². The number of anilines is 1. The molecule has 7 nitrogen and oxygen atoms in total. The molecule has 3 rings (SSSR count). The minimum Gasteiger partial charge on any atom is -0.276 e. The maximum Gasteiger partial charge on any atom is 0.265 e. The van der Waals surface area contributed by atoms with Crippen LogP contribution < -0.4 is 4.72 Å². The van der Waals surface area contributed by atoms with Gasteiger partial charge in [0.15, 0.2) is 23.3 Å². The molecule has 0 spiro atoms. The second-order valence-corrected chi connectivity index (χ2v) is 8.44. The zero-order chi connectivity index (χ0) is 23.2. The summed E-state index contributed by atoms with van der Waals surface area (Å²) in [5, 5.41) is 8.07. The Labute approximate surface area is 174 Å². The Morgan fingerprint density at radius 1 is 0.903 bits per heavy atom. The Hall–Kier alpha value is -2.96. The average Bonchev–Trinajstić information content (AvgIpc) is 3.23. The second kappa shape index (κ2) is 7.94. The van der Waals surface area contributed by atoms with Gasteiger partial charge in [-0.1, -0.05) is 0 Å². The minimum absolute atomic E-state index is 0.0209. The summed E-state index contributed by atoms with van der Waals surface area (Å²) < 4.78 is 98.6. The van der Waals surface area contributed by atoms with Crippen molar-refractivity contribution in [1.82, 2.24) is 19.6 Å². The summed E-state index contributed by atoms with van der Waals surface area (Å²) in [6, 6.07) is 0. The molecule has 13 heteroatoms. The number of aryl methyl sites for hydroxylation is 3. The van der Waals surface area contributed by atoms with Crippen molar-refractivity contribution >= 4 is 15.7 Å². The minimum atomic E-state index is -4.08. The largest absolute Gasteiger partial charge is 0.276 e. The van der Waals surface area contributed by atoms with Crippen molar-refractivity contribution in [3.05, 3.63) is 57.9 Å². The molecule has 31 heavy (non-hydrogen) atoms. The normalized spacial score (nSPS) is 11.9. The van der Waals surface area contributed by atoms with E-state index in [0.717, 1.165) is 4.68 Å². The van der Waals surface area contributed by atoms with E-state index in [1.807, 2.05) is 0 Å². The lowest BCUT2D eigenvalue weighted by Crippen LogP contribution is -2.15. The molecule has 168 valence electrons. The predicted molar refractivity (Wildman–Crippen MR) is 100 cm³/mol. The van der Waals surface area contributed by atoms with Crippen molar-refractivity contribution in [2.45, 2.75) is 45.7 Å². The number of rotatable bonds is 6. The highest BCUT2D eigenvalue weighted by Gasteiger charge is 2.28. The summed E-state index contributed by atoms with van der Waals surface area (Å²) >= 11 is 0. The lowest BCUT2D eigenvalue weighted by molar-refractivity contribution is 0.366. The van der Waals surface area contributed by atoms with Gasteiger partial charge >= 0.3 is 0 Å². The molecule has 0 bridgehead atoms. The molecule has 0 fully saturated rings. The summed E-state index contributed by atoms with van der Waals surface area (Å²) in [6.45, 7) is 5.79. The summed E-state index contributed by atoms with van der Waals surface area (Å²) in [5.74, 6) is -10.4. The third-order valence-corrected chi connectivity index (χ3v) is 6.19. The molecular formula is C18H18F5N5O2S. The molecule has 2 heterocycles. The summed E-state index contributed by atoms with van der Waals surface area (Å²) in [7, 11) is -4.08. The fourth-order valence-corrected chi connectivity index (χ4v) is 4.42. The number of halogens is 5. The van der Waals surface area contributed by atoms with Gasteiger partial charge in [0.1, 0.15) is 4.90 Å². The Kier molecular flexibility index (Phi) is 5.82. The van der Waals surface area contributed by atoms with Crippen LogP contribution in [0.5, 0.6) is 0 Å². The van der Waals surface area contributed by atoms with E-state index in [0.29, 0.717) is 6.54 Å². The van der Waals surface area contributed by atoms with E-state index in [9.17, 15) is 30.4 Å². The molecule has 3 aromatic rings. The van der Waals surface area contributed by atoms with E-state index in [4.69, 9.17) is 0 Å². The van der Waals surface area contributed by atoms with Gasteiger partial charge < -0.3 is 0 Å². The maximum atomic E-state index is 14.0. The fraction of sp³-hybridized carbons (Fsp3) is 0.333. The number of sulfonamides is 1. The van der Waals surface area contributed by atoms with Gasteiger partial charge in [0.2, 0.25) is 5.82 Å². The van der Waals surface area contributed by atoms with Crippen LogP contribution in [-0.2, 0) is 23.1 Å². The van der Waals surface area contributed by atoms with Crippen LogP contribution in [0.2, 0.25) is 0 Å². The molecule has 0 amide bonds. The van der Waals surface area contributed by atoms with Crippen LogP contribution in [0.4, 0.5) is 27.6 Å². The molecule has 0 radical (unpaired) electrons. The Bertz CT molecular complexity index is 1250. The zero-order valence-electron chi connectivity index (χ0n) is 16.9. The Balaban J connectivity index is 2.00. The first kappa shape index (κ1) is 22.7. The number of aromatic nitrogens is 4. The summed E-state index contributed by atoms with van der Waals surface area (Å²) in [5.41, 5.74) is -0.543. The van der Waals surface area contributed by atoms with Crippen LogP contribution >= 0.6 is 0 Å². The van der Waals surface area contributed by atoms with Crippen LogP contribution in [-0.4, -0.2) is 28.0 Å². The fourth-order valence-electron chi connectivity index (χ4n) is 3.05. The summed E-state index contributed by atoms with van der Waals surface area (Å²) in [4.78, 5) is -0.0688. The van der Waals surface area contributed by atoms with Crippen molar-refractivity contribution < 1.29 is 30.4 Å². The molecule has 0 saturated heterocycles. The molecule has 0 aliphatic heterocycles. The molecule has 1 aromatic carbocycles. The molecule has 0 aliphatic rings. The van der Waals surface area contributed by atoms with E-state index in [1.165, 1.54) is 31.6 Å². The molecule has 0 saturated carbocycles. The van der Waals surface area contributed by atoms with Gasteiger partial charge in [0, 0.05) is 12.7 Å². The van der Waals surface area contributed by atoms with Gasteiger partial charge in [-0.3, -0.25) is 14.1 Å². The number of nitrogens with zero attached hydrogens (tertiary/aromatic N) is 4. The highest BCUT2D eigenvalue weighted by molar-refractivity contribution is 7.92. The third-order valence-electron chi connectivity index (χ3n) is 4.74. The molecular weight excluding hydrogens is 445 g/mol. The average molecular weight is 463 g/mol. The molecule has 1 N–H and O–H groups in total. The standard InChI is InChI=1S/C18H18F5N5O2S/c1-5-27-7-12(8(2)24-27)31(29,30)26-18-9(3)25-28(10(18)4)6-11-13(19)15(21)17(23)16(22)14(11)20/h7,26H,5-6H2,1-4H3. The van der Waals surface area contributed by atoms with Gasteiger partial charge in [-0.05, 0) is 27.7 Å². The van der Waals surface area contributed by atoms with Crippen LogP contribution in [0.25, 0.3) is 0 Å². The summed E-state index contributed by atoms with van der Waals surface area (Å²) in [6.07, 6.45) is 1.35. The molecule has 0 unspecified atom stereocenters. The highest BCUT2D eigenvalue weighted by Crippen LogP contribution is 2.28. The third kappa shape index (κ3) is 3.89. The number of nitrogens with one attached hydrogen (secondary N) is 1. The maximum absolute atomic E-state index is 14.0. The van der Waals surface area contributed by atoms with Gasteiger partial charge in [-0.2, -0.15) is 10.2 Å². The number of hydrogen-bond donors (Lipinski definition) is 1. The topological polar surface area (TPSA) is 81.8 Å². The number of benzene rings is 1. The van der Waals surface area contributed by atoms with Crippen LogP contribution in [0.3, 0.4) is 0 Å². The van der Waals surface area contributed by atoms with Crippen LogP contribution in [0, 0.1) is 49.9 Å². The van der Waals surface area contributed by atoms with Crippen molar-refractivity contribution in [3.63, 3.8) is 0 Å². The first-order valence-corrected chi connectivity index (χ1v) is 10.5. The Morgan fingerprint density at radius 3 is 1.97 bits per heavy atom. The van der Waals surface area contributed by atoms with Crippen molar-refractivity contribution in [3.8, 4) is 0 Å². The lowest BCUT2D eigenvalue weighted by atomic mass is 10.1. The molecule has 2 aromatic heterocycles. The SMILES string of the molecule is CCn1cc(S(=O)(=O)Nc2c(C)nn(Cc3c(F)c(F)c(F)c(F)c3F)c2C)c(C)n1. The van der Waals surface area contributed by atoms with E-state index < -0.39 is 51.2 Å². The van der Waals surface area contributed by atoms with Crippen molar-refractivity contribution in [1.29, 1.82) is 0 Å². The molecule has 0 atom stereocenters. The first-order valence-electron chi connectivity index (χ1n) is 9.00. The lowest BCUT2D eigenvalue weighted by Gasteiger charge is -2.11. The van der Waals surface area contributed by atoms with E-state index >= 15 is 0 Å². The second-order valence-electron chi connectivity index (χ2n) is 6.79. The predicted octanol–water partition coefficient (Wildman–Crippen LogP) is 3.57.